The van der Waals surface area contributed by atoms with Gasteiger partial charge in [0.05, 0.1) is 0 Å². The molecule has 9 nitrogen and oxygen atoms in total. The van der Waals surface area contributed by atoms with Gasteiger partial charge in [0.2, 0.25) is 17.7 Å². The Morgan fingerprint density at radius 2 is 1.58 bits per heavy atom. The second kappa shape index (κ2) is 11.3. The molecule has 0 aliphatic heterocycles. The normalized spacial score (nSPS) is 25.0. The number of carbonyl (C=O) groups excluding carboxylic acids is 3. The second-order valence-electron chi connectivity index (χ2n) is 7.75. The lowest BCUT2D eigenvalue weighted by molar-refractivity contribution is -0.140. The third-order valence-electron chi connectivity index (χ3n) is 4.97. The highest BCUT2D eigenvalue weighted by Gasteiger charge is 2.25. The van der Waals surface area contributed by atoms with Gasteiger partial charge in [-0.25, -0.2) is 4.79 Å². The molecule has 0 aromatic rings. The molecule has 0 spiro atoms. The molecule has 0 bridgehead atoms. The van der Waals surface area contributed by atoms with Crippen LogP contribution in [-0.4, -0.2) is 53.0 Å². The highest BCUT2D eigenvalue weighted by Crippen LogP contribution is 2.18. The van der Waals surface area contributed by atoms with Crippen LogP contribution in [0.4, 0.5) is 0 Å². The number of carboxylic acid groups (broad SMARTS) is 1. The van der Waals surface area contributed by atoms with E-state index in [-0.39, 0.29) is 18.0 Å². The molecule has 0 aromatic carbocycles. The van der Waals surface area contributed by atoms with Gasteiger partial charge in [0.15, 0.2) is 0 Å². The molecule has 0 radical (unpaired) electrons. The standard InChI is InChI=1S/C22H30N4O5/c1-13(27)24-18-9-5-16(6-10-18)12-20(22(30)31)26-21(29)19(25-14(2)28)11-15-3-7-17(23)8-4-15/h3,5,7,9,11-12,17-20H,4,6,8,10,23H2,1-2H3,(H,24,27)(H,25,28)(H,26,29)(H,30,31)/b15-11+,16-12+/t17-,18-,19-,20-/m0/s1. The Bertz CT molecular complexity index is 843. The summed E-state index contributed by atoms with van der Waals surface area (Å²) >= 11 is 0. The van der Waals surface area contributed by atoms with Crippen molar-refractivity contribution in [3.63, 3.8) is 0 Å². The molecule has 3 amide bonds. The van der Waals surface area contributed by atoms with E-state index in [0.29, 0.717) is 19.3 Å². The highest BCUT2D eigenvalue weighted by atomic mass is 16.4. The molecule has 2 aliphatic carbocycles. The number of nitrogens with one attached hydrogen (secondary N) is 3. The molecule has 0 aromatic heterocycles. The molecule has 0 fully saturated rings. The van der Waals surface area contributed by atoms with E-state index in [4.69, 9.17) is 5.73 Å². The van der Waals surface area contributed by atoms with Crippen LogP contribution in [0.5, 0.6) is 0 Å². The van der Waals surface area contributed by atoms with Crippen LogP contribution >= 0.6 is 0 Å². The van der Waals surface area contributed by atoms with Crippen LogP contribution in [0.2, 0.25) is 0 Å². The molecule has 0 saturated heterocycles. The van der Waals surface area contributed by atoms with Gasteiger partial charge in [-0.3, -0.25) is 14.4 Å². The van der Waals surface area contributed by atoms with Gasteiger partial charge in [-0.15, -0.1) is 0 Å². The summed E-state index contributed by atoms with van der Waals surface area (Å²) in [5.74, 6) is -2.37. The minimum absolute atomic E-state index is 0.0398. The Balaban J connectivity index is 2.12. The summed E-state index contributed by atoms with van der Waals surface area (Å²) in [5.41, 5.74) is 7.42. The molecule has 4 atom stereocenters. The molecule has 0 heterocycles. The van der Waals surface area contributed by atoms with Crippen LogP contribution in [0.25, 0.3) is 0 Å². The third-order valence-corrected chi connectivity index (χ3v) is 4.97. The van der Waals surface area contributed by atoms with Gasteiger partial charge in [0.1, 0.15) is 12.1 Å². The fourth-order valence-electron chi connectivity index (χ4n) is 3.41. The first-order chi connectivity index (χ1) is 14.6. The molecule has 2 rings (SSSR count). The summed E-state index contributed by atoms with van der Waals surface area (Å²) < 4.78 is 0. The van der Waals surface area contributed by atoms with Gasteiger partial charge in [-0.2, -0.15) is 0 Å². The van der Waals surface area contributed by atoms with Crippen LogP contribution < -0.4 is 21.7 Å². The number of carboxylic acids is 1. The van der Waals surface area contributed by atoms with Crippen molar-refractivity contribution >= 4 is 23.7 Å². The van der Waals surface area contributed by atoms with Gasteiger partial charge in [0.25, 0.3) is 0 Å². The molecule has 9 heteroatoms. The molecule has 0 unspecified atom stereocenters. The largest absolute Gasteiger partial charge is 0.479 e. The van der Waals surface area contributed by atoms with Crippen molar-refractivity contribution in [1.82, 2.24) is 16.0 Å². The molecular formula is C22H30N4O5. The number of nitrogens with two attached hydrogens (primary N) is 1. The summed E-state index contributed by atoms with van der Waals surface area (Å²) in [7, 11) is 0. The van der Waals surface area contributed by atoms with E-state index >= 15 is 0 Å². The summed E-state index contributed by atoms with van der Waals surface area (Å²) in [5, 5.41) is 17.4. The van der Waals surface area contributed by atoms with Gasteiger partial charge in [-0.1, -0.05) is 24.3 Å². The number of hydrogen-bond acceptors (Lipinski definition) is 5. The van der Waals surface area contributed by atoms with Crippen molar-refractivity contribution < 1.29 is 24.3 Å². The quantitative estimate of drug-likeness (QED) is 0.396. The number of rotatable bonds is 7. The zero-order valence-corrected chi connectivity index (χ0v) is 17.8. The van der Waals surface area contributed by atoms with Gasteiger partial charge in [-0.05, 0) is 49.0 Å². The Labute approximate surface area is 181 Å². The fraction of sp³-hybridized carbons (Fsp3) is 0.455. The molecule has 0 saturated carbocycles. The minimum Gasteiger partial charge on any atom is -0.479 e. The van der Waals surface area contributed by atoms with Crippen molar-refractivity contribution in [3.05, 3.63) is 47.6 Å². The van der Waals surface area contributed by atoms with Gasteiger partial charge in [0, 0.05) is 25.9 Å². The first kappa shape index (κ1) is 24.1. The summed E-state index contributed by atoms with van der Waals surface area (Å²) in [6.45, 7) is 2.73. The number of amides is 3. The monoisotopic (exact) mass is 430 g/mol. The maximum absolute atomic E-state index is 12.8. The zero-order chi connectivity index (χ0) is 23.0. The molecule has 168 valence electrons. The van der Waals surface area contributed by atoms with Crippen molar-refractivity contribution in [1.29, 1.82) is 0 Å². The predicted octanol–water partition coefficient (Wildman–Crippen LogP) is 0.445. The first-order valence-electron chi connectivity index (χ1n) is 10.2. The smallest absolute Gasteiger partial charge is 0.330 e. The van der Waals surface area contributed by atoms with E-state index in [0.717, 1.165) is 17.6 Å². The second-order valence-corrected chi connectivity index (χ2v) is 7.75. The van der Waals surface area contributed by atoms with Crippen molar-refractivity contribution in [2.45, 2.75) is 63.7 Å². The van der Waals surface area contributed by atoms with E-state index in [1.165, 1.54) is 19.9 Å². The topological polar surface area (TPSA) is 151 Å². The van der Waals surface area contributed by atoms with Crippen LogP contribution in [0.3, 0.4) is 0 Å². The first-order valence-corrected chi connectivity index (χ1v) is 10.2. The summed E-state index contributed by atoms with van der Waals surface area (Å²) in [6, 6.07) is -2.39. The Hall–Kier alpha value is -3.20. The van der Waals surface area contributed by atoms with Gasteiger partial charge >= 0.3 is 5.97 Å². The Kier molecular flexibility index (Phi) is 8.75. The van der Waals surface area contributed by atoms with E-state index < -0.39 is 29.9 Å². The molecule has 31 heavy (non-hydrogen) atoms. The zero-order valence-electron chi connectivity index (χ0n) is 17.8. The Morgan fingerprint density at radius 3 is 2.06 bits per heavy atom. The lowest BCUT2D eigenvalue weighted by Crippen LogP contribution is -2.50. The number of aliphatic carboxylic acids is 1. The highest BCUT2D eigenvalue weighted by molar-refractivity contribution is 5.92. The van der Waals surface area contributed by atoms with Crippen LogP contribution in [0.15, 0.2) is 47.6 Å². The lowest BCUT2D eigenvalue weighted by atomic mass is 9.96. The van der Waals surface area contributed by atoms with Crippen LogP contribution in [0.1, 0.15) is 39.5 Å². The van der Waals surface area contributed by atoms with Crippen molar-refractivity contribution in [2.75, 3.05) is 0 Å². The lowest BCUT2D eigenvalue weighted by Gasteiger charge is -2.22. The average Bonchev–Trinajstić information content (AvgIpc) is 2.69. The van der Waals surface area contributed by atoms with Gasteiger partial charge < -0.3 is 26.8 Å². The summed E-state index contributed by atoms with van der Waals surface area (Å²) in [6.07, 6.45) is 12.8. The number of carbonyl (C=O) groups is 4. The van der Waals surface area contributed by atoms with Crippen LogP contribution in [0, 0.1) is 0 Å². The minimum atomic E-state index is -1.26. The van der Waals surface area contributed by atoms with Crippen molar-refractivity contribution in [3.8, 4) is 0 Å². The average molecular weight is 431 g/mol. The van der Waals surface area contributed by atoms with E-state index in [2.05, 4.69) is 16.0 Å². The van der Waals surface area contributed by atoms with E-state index in [9.17, 15) is 24.3 Å². The number of hydrogen-bond donors (Lipinski definition) is 5. The van der Waals surface area contributed by atoms with Crippen LogP contribution in [-0.2, 0) is 19.2 Å². The maximum atomic E-state index is 12.8. The molecule has 6 N–H and O–H groups in total. The predicted molar refractivity (Wildman–Crippen MR) is 116 cm³/mol. The molecule has 2 aliphatic rings. The van der Waals surface area contributed by atoms with E-state index in [1.54, 1.807) is 18.2 Å². The summed E-state index contributed by atoms with van der Waals surface area (Å²) in [4.78, 5) is 47.2. The number of allylic oxidation sites excluding steroid dienone is 4. The Morgan fingerprint density at radius 1 is 0.968 bits per heavy atom. The third kappa shape index (κ3) is 8.21. The SMILES string of the molecule is CC(=O)N[C@@H](/C=C1\C=C[C@H](N)CC1)C(=O)N[C@@H](/C=C1\C=C[C@H](NC(C)=O)CC1)C(=O)O. The molecular weight excluding hydrogens is 400 g/mol. The fourth-order valence-corrected chi connectivity index (χ4v) is 3.41. The van der Waals surface area contributed by atoms with Crippen molar-refractivity contribution in [2.24, 2.45) is 5.73 Å². The van der Waals surface area contributed by atoms with E-state index in [1.807, 2.05) is 12.2 Å². The maximum Gasteiger partial charge on any atom is 0.330 e.